The minimum Gasteiger partial charge on any atom is -0.481 e. The first-order valence-corrected chi connectivity index (χ1v) is 6.16. The van der Waals surface area contributed by atoms with Crippen molar-refractivity contribution in [3.05, 3.63) is 34.6 Å². The van der Waals surface area contributed by atoms with Crippen LogP contribution in [0.5, 0.6) is 0 Å². The molecule has 4 heteroatoms. The van der Waals surface area contributed by atoms with Gasteiger partial charge in [0.15, 0.2) is 0 Å². The molecule has 3 N–H and O–H groups in total. The number of carbonyl (C=O) groups is 1. The van der Waals surface area contributed by atoms with Crippen LogP contribution in [0.1, 0.15) is 48.4 Å². The van der Waals surface area contributed by atoms with Gasteiger partial charge in [0.1, 0.15) is 5.82 Å². The second kappa shape index (κ2) is 6.50. The number of carboxylic acids is 1. The highest BCUT2D eigenvalue weighted by Gasteiger charge is 2.13. The van der Waals surface area contributed by atoms with Crippen molar-refractivity contribution in [2.75, 3.05) is 0 Å². The normalized spacial score (nSPS) is 12.4. The Labute approximate surface area is 107 Å². The van der Waals surface area contributed by atoms with Crippen LogP contribution in [0.2, 0.25) is 0 Å². The Kier molecular flexibility index (Phi) is 5.28. The van der Waals surface area contributed by atoms with Crippen LogP contribution < -0.4 is 5.73 Å². The molecule has 0 heterocycles. The number of unbranched alkanes of at least 4 members (excludes halogenated alkanes) is 1. The summed E-state index contributed by atoms with van der Waals surface area (Å²) >= 11 is 0. The SMILES string of the molecule is Cc1cc(F)cc(C)c1C(N)CCCCC(=O)O. The van der Waals surface area contributed by atoms with Gasteiger partial charge in [-0.25, -0.2) is 4.39 Å². The molecule has 0 fully saturated rings. The van der Waals surface area contributed by atoms with Crippen LogP contribution >= 0.6 is 0 Å². The zero-order valence-corrected chi connectivity index (χ0v) is 10.9. The molecule has 1 atom stereocenters. The number of benzene rings is 1. The van der Waals surface area contributed by atoms with E-state index in [4.69, 9.17) is 10.8 Å². The van der Waals surface area contributed by atoms with Crippen molar-refractivity contribution in [2.24, 2.45) is 5.73 Å². The number of nitrogens with two attached hydrogens (primary N) is 1. The lowest BCUT2D eigenvalue weighted by Crippen LogP contribution is -2.14. The van der Waals surface area contributed by atoms with E-state index < -0.39 is 5.97 Å². The van der Waals surface area contributed by atoms with Crippen LogP contribution in [0, 0.1) is 19.7 Å². The Morgan fingerprint density at radius 1 is 1.33 bits per heavy atom. The fourth-order valence-electron chi connectivity index (χ4n) is 2.29. The molecule has 3 nitrogen and oxygen atoms in total. The quantitative estimate of drug-likeness (QED) is 0.766. The van der Waals surface area contributed by atoms with Gasteiger partial charge >= 0.3 is 5.97 Å². The highest BCUT2D eigenvalue weighted by molar-refractivity contribution is 5.66. The lowest BCUT2D eigenvalue weighted by Gasteiger charge is -2.17. The van der Waals surface area contributed by atoms with Gasteiger partial charge in [0, 0.05) is 12.5 Å². The van der Waals surface area contributed by atoms with E-state index >= 15 is 0 Å². The third-order valence-electron chi connectivity index (χ3n) is 3.09. The van der Waals surface area contributed by atoms with Gasteiger partial charge in [-0.1, -0.05) is 6.42 Å². The maximum Gasteiger partial charge on any atom is 0.303 e. The molecule has 0 aliphatic carbocycles. The largest absolute Gasteiger partial charge is 0.481 e. The van der Waals surface area contributed by atoms with E-state index in [0.717, 1.165) is 29.5 Å². The Bertz CT molecular complexity index is 409. The topological polar surface area (TPSA) is 63.3 Å². The lowest BCUT2D eigenvalue weighted by atomic mass is 9.93. The molecule has 1 aromatic carbocycles. The predicted molar refractivity (Wildman–Crippen MR) is 68.9 cm³/mol. The standard InChI is InChI=1S/C14H20FNO2/c1-9-7-11(15)8-10(2)14(9)12(16)5-3-4-6-13(17)18/h7-8,12H,3-6,16H2,1-2H3,(H,17,18). The van der Waals surface area contributed by atoms with Gasteiger partial charge in [-0.2, -0.15) is 0 Å². The van der Waals surface area contributed by atoms with Crippen molar-refractivity contribution in [2.45, 2.75) is 45.6 Å². The van der Waals surface area contributed by atoms with Crippen LogP contribution in [0.4, 0.5) is 4.39 Å². The molecule has 0 aromatic heterocycles. The zero-order valence-electron chi connectivity index (χ0n) is 10.9. The lowest BCUT2D eigenvalue weighted by molar-refractivity contribution is -0.137. The molecule has 0 aliphatic heterocycles. The Morgan fingerprint density at radius 3 is 2.39 bits per heavy atom. The van der Waals surface area contributed by atoms with E-state index in [1.54, 1.807) is 0 Å². The minimum absolute atomic E-state index is 0.153. The first-order valence-electron chi connectivity index (χ1n) is 6.16. The maximum absolute atomic E-state index is 13.2. The van der Waals surface area contributed by atoms with Crippen molar-refractivity contribution < 1.29 is 14.3 Å². The van der Waals surface area contributed by atoms with Crippen molar-refractivity contribution >= 4 is 5.97 Å². The van der Waals surface area contributed by atoms with Crippen LogP contribution in [0.25, 0.3) is 0 Å². The maximum atomic E-state index is 13.2. The summed E-state index contributed by atoms with van der Waals surface area (Å²) < 4.78 is 13.2. The highest BCUT2D eigenvalue weighted by Crippen LogP contribution is 2.25. The molecule has 0 aliphatic rings. The van der Waals surface area contributed by atoms with E-state index in [9.17, 15) is 9.18 Å². The zero-order chi connectivity index (χ0) is 13.7. The fraction of sp³-hybridized carbons (Fsp3) is 0.500. The average Bonchev–Trinajstić information content (AvgIpc) is 2.22. The summed E-state index contributed by atoms with van der Waals surface area (Å²) in [6.45, 7) is 3.70. The van der Waals surface area contributed by atoms with Crippen LogP contribution in [0.15, 0.2) is 12.1 Å². The monoisotopic (exact) mass is 253 g/mol. The summed E-state index contributed by atoms with van der Waals surface area (Å²) in [6, 6.07) is 2.82. The van der Waals surface area contributed by atoms with Gasteiger partial charge in [0.05, 0.1) is 0 Å². The van der Waals surface area contributed by atoms with E-state index in [0.29, 0.717) is 6.42 Å². The molecule has 1 unspecified atom stereocenters. The van der Waals surface area contributed by atoms with Crippen molar-refractivity contribution in [3.63, 3.8) is 0 Å². The summed E-state index contributed by atoms with van der Waals surface area (Å²) in [5.41, 5.74) is 8.79. The first kappa shape index (κ1) is 14.6. The van der Waals surface area contributed by atoms with Crippen LogP contribution in [-0.4, -0.2) is 11.1 Å². The van der Waals surface area contributed by atoms with E-state index in [1.165, 1.54) is 12.1 Å². The van der Waals surface area contributed by atoms with Crippen molar-refractivity contribution in [1.82, 2.24) is 0 Å². The van der Waals surface area contributed by atoms with E-state index in [2.05, 4.69) is 0 Å². The van der Waals surface area contributed by atoms with Gasteiger partial charge in [-0.05, 0) is 55.5 Å². The van der Waals surface area contributed by atoms with E-state index in [-0.39, 0.29) is 18.3 Å². The molecule has 0 saturated carbocycles. The van der Waals surface area contributed by atoms with Gasteiger partial charge in [0.25, 0.3) is 0 Å². The molecule has 0 amide bonds. The van der Waals surface area contributed by atoms with Crippen molar-refractivity contribution in [3.8, 4) is 0 Å². The molecule has 0 radical (unpaired) electrons. The number of hydrogen-bond acceptors (Lipinski definition) is 2. The summed E-state index contributed by atoms with van der Waals surface area (Å²) in [5.74, 6) is -1.02. The minimum atomic E-state index is -0.780. The van der Waals surface area contributed by atoms with Gasteiger partial charge in [0.2, 0.25) is 0 Å². The molecular weight excluding hydrogens is 233 g/mol. The average molecular weight is 253 g/mol. The van der Waals surface area contributed by atoms with Gasteiger partial charge in [-0.15, -0.1) is 0 Å². The summed E-state index contributed by atoms with van der Waals surface area (Å²) in [4.78, 5) is 10.4. The predicted octanol–water partition coefficient (Wildman–Crippen LogP) is 3.09. The molecule has 0 saturated heterocycles. The molecule has 18 heavy (non-hydrogen) atoms. The smallest absolute Gasteiger partial charge is 0.303 e. The molecule has 100 valence electrons. The third kappa shape index (κ3) is 4.11. The second-order valence-corrected chi connectivity index (χ2v) is 4.70. The Hall–Kier alpha value is -1.42. The Balaban J connectivity index is 2.61. The van der Waals surface area contributed by atoms with Crippen LogP contribution in [0.3, 0.4) is 0 Å². The highest BCUT2D eigenvalue weighted by atomic mass is 19.1. The van der Waals surface area contributed by atoms with Crippen molar-refractivity contribution in [1.29, 1.82) is 0 Å². The summed E-state index contributed by atoms with van der Waals surface area (Å²) in [5, 5.41) is 8.54. The second-order valence-electron chi connectivity index (χ2n) is 4.70. The molecule has 0 spiro atoms. The Morgan fingerprint density at radius 2 is 1.89 bits per heavy atom. The summed E-state index contributed by atoms with van der Waals surface area (Å²) in [7, 11) is 0. The number of hydrogen-bond donors (Lipinski definition) is 2. The molecule has 1 aromatic rings. The summed E-state index contributed by atoms with van der Waals surface area (Å²) in [6.07, 6.45) is 2.29. The first-order chi connectivity index (χ1) is 8.41. The van der Waals surface area contributed by atoms with Crippen LogP contribution in [-0.2, 0) is 4.79 Å². The molecular formula is C14H20FNO2. The third-order valence-corrected chi connectivity index (χ3v) is 3.09. The number of rotatable bonds is 6. The molecule has 0 bridgehead atoms. The molecule has 1 rings (SSSR count). The van der Waals surface area contributed by atoms with Gasteiger partial charge in [-0.3, -0.25) is 4.79 Å². The number of halogens is 1. The fourth-order valence-corrected chi connectivity index (χ4v) is 2.29. The number of aryl methyl sites for hydroxylation is 2. The van der Waals surface area contributed by atoms with E-state index in [1.807, 2.05) is 13.8 Å². The number of carboxylic acid groups (broad SMARTS) is 1. The van der Waals surface area contributed by atoms with Gasteiger partial charge < -0.3 is 10.8 Å². The number of aliphatic carboxylic acids is 1.